The second kappa shape index (κ2) is 9.02. The smallest absolute Gasteiger partial charge is 0.325 e. The van der Waals surface area contributed by atoms with Crippen LogP contribution in [0.3, 0.4) is 0 Å². The van der Waals surface area contributed by atoms with Crippen molar-refractivity contribution in [3.05, 3.63) is 0 Å². The Labute approximate surface area is 103 Å². The molecule has 4 nitrogen and oxygen atoms in total. The van der Waals surface area contributed by atoms with Gasteiger partial charge in [0.05, 0.1) is 6.61 Å². The SMILES string of the molecule is O=C1CCCCCCCCCCOC(=O)CN1. The molecule has 17 heavy (non-hydrogen) atoms. The summed E-state index contributed by atoms with van der Waals surface area (Å²) in [4.78, 5) is 22.6. The lowest BCUT2D eigenvalue weighted by Crippen LogP contribution is -2.30. The maximum Gasteiger partial charge on any atom is 0.325 e. The van der Waals surface area contributed by atoms with E-state index < -0.39 is 0 Å². The van der Waals surface area contributed by atoms with Crippen LogP contribution in [-0.4, -0.2) is 25.0 Å². The van der Waals surface area contributed by atoms with Crippen LogP contribution >= 0.6 is 0 Å². The molecule has 1 saturated heterocycles. The number of hydrogen-bond acceptors (Lipinski definition) is 3. The second-order valence-electron chi connectivity index (χ2n) is 4.58. The van der Waals surface area contributed by atoms with Crippen LogP contribution in [0.15, 0.2) is 0 Å². The van der Waals surface area contributed by atoms with Gasteiger partial charge in [-0.1, -0.05) is 38.5 Å². The number of carbonyl (C=O) groups excluding carboxylic acids is 2. The van der Waals surface area contributed by atoms with Crippen molar-refractivity contribution in [1.29, 1.82) is 0 Å². The maximum atomic E-state index is 11.3. The number of amides is 1. The zero-order valence-electron chi connectivity index (χ0n) is 10.5. The van der Waals surface area contributed by atoms with Crippen molar-refractivity contribution < 1.29 is 14.3 Å². The molecule has 0 atom stereocenters. The van der Waals surface area contributed by atoms with E-state index in [4.69, 9.17) is 4.74 Å². The minimum absolute atomic E-state index is 0.0127. The van der Waals surface area contributed by atoms with E-state index in [1.54, 1.807) is 0 Å². The molecule has 0 saturated carbocycles. The molecule has 1 heterocycles. The summed E-state index contributed by atoms with van der Waals surface area (Å²) in [6.45, 7) is 0.494. The Balaban J connectivity index is 2.25. The van der Waals surface area contributed by atoms with Crippen LogP contribution in [0.2, 0.25) is 0 Å². The summed E-state index contributed by atoms with van der Waals surface area (Å²) < 4.78 is 5.01. The molecule has 0 aromatic carbocycles. The highest BCUT2D eigenvalue weighted by Gasteiger charge is 2.06. The van der Waals surface area contributed by atoms with E-state index in [9.17, 15) is 9.59 Å². The van der Waals surface area contributed by atoms with Crippen molar-refractivity contribution in [3.8, 4) is 0 Å². The molecule has 0 unspecified atom stereocenters. The summed E-state index contributed by atoms with van der Waals surface area (Å²) >= 11 is 0. The van der Waals surface area contributed by atoms with E-state index in [-0.39, 0.29) is 18.4 Å². The third kappa shape index (κ3) is 7.77. The van der Waals surface area contributed by atoms with Gasteiger partial charge in [0.15, 0.2) is 0 Å². The Kier molecular flexibility index (Phi) is 7.43. The summed E-state index contributed by atoms with van der Waals surface area (Å²) in [6.07, 6.45) is 9.53. The highest BCUT2D eigenvalue weighted by molar-refractivity contribution is 5.81. The van der Waals surface area contributed by atoms with Gasteiger partial charge in [0, 0.05) is 6.42 Å². The third-order valence-corrected chi connectivity index (χ3v) is 2.99. The minimum atomic E-state index is -0.326. The molecular formula is C13H23NO3. The summed E-state index contributed by atoms with van der Waals surface area (Å²) in [5.74, 6) is -0.370. The van der Waals surface area contributed by atoms with Crippen molar-refractivity contribution in [2.75, 3.05) is 13.2 Å². The third-order valence-electron chi connectivity index (χ3n) is 2.99. The number of hydrogen-bond donors (Lipinski definition) is 1. The first-order valence-corrected chi connectivity index (χ1v) is 6.71. The number of rotatable bonds is 0. The molecule has 0 bridgehead atoms. The zero-order chi connectivity index (χ0) is 12.3. The normalized spacial score (nSPS) is 21.9. The van der Waals surface area contributed by atoms with E-state index in [2.05, 4.69) is 5.32 Å². The summed E-state index contributed by atoms with van der Waals surface area (Å²) in [7, 11) is 0. The highest BCUT2D eigenvalue weighted by Crippen LogP contribution is 2.10. The fraction of sp³-hybridized carbons (Fsp3) is 0.846. The molecule has 1 amide bonds. The fourth-order valence-corrected chi connectivity index (χ4v) is 1.94. The molecule has 1 aliphatic rings. The van der Waals surface area contributed by atoms with E-state index in [1.165, 1.54) is 25.7 Å². The topological polar surface area (TPSA) is 55.4 Å². The van der Waals surface area contributed by atoms with Crippen LogP contribution in [0.5, 0.6) is 0 Å². The van der Waals surface area contributed by atoms with Gasteiger partial charge in [0.2, 0.25) is 5.91 Å². The van der Waals surface area contributed by atoms with Crippen LogP contribution in [-0.2, 0) is 14.3 Å². The van der Waals surface area contributed by atoms with Crippen LogP contribution < -0.4 is 5.32 Å². The van der Waals surface area contributed by atoms with Gasteiger partial charge < -0.3 is 10.1 Å². The van der Waals surface area contributed by atoms with Gasteiger partial charge in [-0.05, 0) is 12.8 Å². The van der Waals surface area contributed by atoms with Gasteiger partial charge in [-0.25, -0.2) is 0 Å². The lowest BCUT2D eigenvalue weighted by atomic mass is 10.1. The molecule has 1 rings (SSSR count). The molecule has 0 aromatic rings. The number of ether oxygens (including phenoxy) is 1. The molecule has 0 aromatic heterocycles. The van der Waals surface area contributed by atoms with Crippen LogP contribution in [0.4, 0.5) is 0 Å². The van der Waals surface area contributed by atoms with Crippen LogP contribution in [0, 0.1) is 0 Å². The quantitative estimate of drug-likeness (QED) is 0.661. The molecule has 1 fully saturated rings. The predicted molar refractivity (Wildman–Crippen MR) is 65.5 cm³/mol. The Morgan fingerprint density at radius 3 is 2.12 bits per heavy atom. The molecule has 0 radical (unpaired) electrons. The van der Waals surface area contributed by atoms with Crippen molar-refractivity contribution in [3.63, 3.8) is 0 Å². The standard InChI is InChI=1S/C13H23NO3/c15-12-9-7-5-3-1-2-4-6-8-10-17-13(16)11-14-12/h1-11H2,(H,14,15). The molecule has 1 N–H and O–H groups in total. The van der Waals surface area contributed by atoms with E-state index in [0.29, 0.717) is 13.0 Å². The van der Waals surface area contributed by atoms with E-state index in [1.807, 2.05) is 0 Å². The van der Waals surface area contributed by atoms with Crippen molar-refractivity contribution in [1.82, 2.24) is 5.32 Å². The van der Waals surface area contributed by atoms with E-state index in [0.717, 1.165) is 25.7 Å². The second-order valence-corrected chi connectivity index (χ2v) is 4.58. The molecule has 1 aliphatic heterocycles. The number of nitrogens with one attached hydrogen (secondary N) is 1. The molecule has 0 aliphatic carbocycles. The Morgan fingerprint density at radius 2 is 1.41 bits per heavy atom. The van der Waals surface area contributed by atoms with E-state index >= 15 is 0 Å². The average Bonchev–Trinajstić information content (AvgIpc) is 2.33. The van der Waals surface area contributed by atoms with Gasteiger partial charge in [0.25, 0.3) is 0 Å². The number of esters is 1. The summed E-state index contributed by atoms with van der Waals surface area (Å²) in [5.41, 5.74) is 0. The highest BCUT2D eigenvalue weighted by atomic mass is 16.5. The molecule has 0 spiro atoms. The van der Waals surface area contributed by atoms with Crippen molar-refractivity contribution in [2.24, 2.45) is 0 Å². The first-order chi connectivity index (χ1) is 8.29. The van der Waals surface area contributed by atoms with Crippen molar-refractivity contribution >= 4 is 11.9 Å². The monoisotopic (exact) mass is 241 g/mol. The molecule has 4 heteroatoms. The molecule has 98 valence electrons. The van der Waals surface area contributed by atoms with Gasteiger partial charge in [-0.3, -0.25) is 9.59 Å². The summed E-state index contributed by atoms with van der Waals surface area (Å²) in [5, 5.41) is 2.59. The average molecular weight is 241 g/mol. The minimum Gasteiger partial charge on any atom is -0.464 e. The Morgan fingerprint density at radius 1 is 0.824 bits per heavy atom. The first-order valence-electron chi connectivity index (χ1n) is 6.71. The van der Waals surface area contributed by atoms with Gasteiger partial charge in [-0.2, -0.15) is 0 Å². The van der Waals surface area contributed by atoms with Gasteiger partial charge in [-0.15, -0.1) is 0 Å². The fourth-order valence-electron chi connectivity index (χ4n) is 1.94. The zero-order valence-corrected chi connectivity index (χ0v) is 10.5. The maximum absolute atomic E-state index is 11.3. The number of cyclic esters (lactones) is 1. The van der Waals surface area contributed by atoms with Crippen LogP contribution in [0.1, 0.15) is 57.8 Å². The molecular weight excluding hydrogens is 218 g/mol. The van der Waals surface area contributed by atoms with Gasteiger partial charge in [0.1, 0.15) is 6.54 Å². The first kappa shape index (κ1) is 14.0. The Bertz CT molecular complexity index is 217. The predicted octanol–water partition coefficient (Wildman–Crippen LogP) is 2.17. The largest absolute Gasteiger partial charge is 0.464 e. The Hall–Kier alpha value is -1.06. The van der Waals surface area contributed by atoms with Crippen molar-refractivity contribution in [2.45, 2.75) is 57.8 Å². The summed E-state index contributed by atoms with van der Waals surface area (Å²) in [6, 6.07) is 0. The lowest BCUT2D eigenvalue weighted by molar-refractivity contribution is -0.144. The lowest BCUT2D eigenvalue weighted by Gasteiger charge is -2.05. The van der Waals surface area contributed by atoms with Crippen LogP contribution in [0.25, 0.3) is 0 Å². The van der Waals surface area contributed by atoms with Gasteiger partial charge >= 0.3 is 5.97 Å². The number of carbonyl (C=O) groups is 2.